The molecule has 0 amide bonds. The van der Waals surface area contributed by atoms with Crippen LogP contribution in [-0.2, 0) is 0 Å². The summed E-state index contributed by atoms with van der Waals surface area (Å²) >= 11 is 2.27. The lowest BCUT2D eigenvalue weighted by atomic mass is 9.88. The molecule has 0 fully saturated rings. The number of hydrogen-bond acceptors (Lipinski definition) is 3. The Hall–Kier alpha value is -0.980. The Morgan fingerprint density at radius 3 is 2.53 bits per heavy atom. The largest absolute Gasteiger partial charge is 0.409 e. The van der Waals surface area contributed by atoms with Crippen molar-refractivity contribution in [2.75, 3.05) is 11.9 Å². The molecule has 1 aromatic carbocycles. The van der Waals surface area contributed by atoms with Gasteiger partial charge in [0.25, 0.3) is 0 Å². The van der Waals surface area contributed by atoms with E-state index in [-0.39, 0.29) is 11.3 Å². The van der Waals surface area contributed by atoms with Crippen LogP contribution in [0, 0.1) is 8.99 Å². The third kappa shape index (κ3) is 4.41. The van der Waals surface area contributed by atoms with Crippen molar-refractivity contribution < 1.29 is 5.21 Å². The number of rotatable bonds is 5. The van der Waals surface area contributed by atoms with Crippen molar-refractivity contribution in [1.29, 1.82) is 0 Å². The highest BCUT2D eigenvalue weighted by Gasteiger charge is 2.22. The van der Waals surface area contributed by atoms with E-state index in [0.29, 0.717) is 0 Å². The number of nitrogens with one attached hydrogen (secondary N) is 1. The van der Waals surface area contributed by atoms with Gasteiger partial charge in [0.1, 0.15) is 5.84 Å². The van der Waals surface area contributed by atoms with Crippen LogP contribution in [0.4, 0.5) is 5.69 Å². The number of anilines is 1. The van der Waals surface area contributed by atoms with Crippen molar-refractivity contribution >= 4 is 34.1 Å². The third-order valence-electron chi connectivity index (χ3n) is 2.72. The molecule has 17 heavy (non-hydrogen) atoms. The Labute approximate surface area is 115 Å². The van der Waals surface area contributed by atoms with Gasteiger partial charge >= 0.3 is 0 Å². The minimum atomic E-state index is -0.301. The average Bonchev–Trinajstić information content (AvgIpc) is 2.30. The van der Waals surface area contributed by atoms with E-state index in [1.807, 2.05) is 26.0 Å². The van der Waals surface area contributed by atoms with Crippen LogP contribution >= 0.6 is 22.6 Å². The molecule has 0 radical (unpaired) electrons. The zero-order valence-corrected chi connectivity index (χ0v) is 12.2. The van der Waals surface area contributed by atoms with Crippen LogP contribution in [0.3, 0.4) is 0 Å². The van der Waals surface area contributed by atoms with Gasteiger partial charge in [-0.3, -0.25) is 0 Å². The summed E-state index contributed by atoms with van der Waals surface area (Å²) < 4.78 is 1.21. The molecule has 4 nitrogen and oxygen atoms in total. The molecule has 0 heterocycles. The summed E-state index contributed by atoms with van der Waals surface area (Å²) in [7, 11) is 0. The van der Waals surface area contributed by atoms with Gasteiger partial charge in [0.15, 0.2) is 0 Å². The molecule has 0 aliphatic carbocycles. The molecule has 0 aliphatic rings. The highest BCUT2D eigenvalue weighted by atomic mass is 127. The number of hydrogen-bond donors (Lipinski definition) is 3. The Bertz CT molecular complexity index is 387. The molecule has 1 rings (SSSR count). The SMILES string of the molecule is CC(C)(CCNc1ccc(I)cc1)C(N)=NO. The van der Waals surface area contributed by atoms with Crippen LogP contribution in [0.15, 0.2) is 29.4 Å². The van der Waals surface area contributed by atoms with Gasteiger partial charge < -0.3 is 16.3 Å². The second-order valence-corrected chi connectivity index (χ2v) is 5.80. The molecule has 5 heteroatoms. The fourth-order valence-corrected chi connectivity index (χ4v) is 1.71. The summed E-state index contributed by atoms with van der Waals surface area (Å²) in [4.78, 5) is 0. The van der Waals surface area contributed by atoms with E-state index < -0.39 is 0 Å². The summed E-state index contributed by atoms with van der Waals surface area (Å²) in [5.74, 6) is 0.266. The first kappa shape index (κ1) is 14.1. The van der Waals surface area contributed by atoms with Gasteiger partial charge in [-0.25, -0.2) is 0 Å². The number of nitrogens with zero attached hydrogens (tertiary/aromatic N) is 1. The van der Waals surface area contributed by atoms with Crippen molar-refractivity contribution in [1.82, 2.24) is 0 Å². The van der Waals surface area contributed by atoms with Crippen molar-refractivity contribution in [3.63, 3.8) is 0 Å². The number of amidine groups is 1. The van der Waals surface area contributed by atoms with Gasteiger partial charge in [-0.1, -0.05) is 19.0 Å². The lowest BCUT2D eigenvalue weighted by molar-refractivity contribution is 0.306. The molecule has 0 aromatic heterocycles. The Kier molecular flexibility index (Phi) is 5.04. The van der Waals surface area contributed by atoms with Gasteiger partial charge in [-0.2, -0.15) is 0 Å². The normalized spacial score (nSPS) is 12.5. The number of halogens is 1. The lowest BCUT2D eigenvalue weighted by Crippen LogP contribution is -2.33. The third-order valence-corrected chi connectivity index (χ3v) is 3.44. The van der Waals surface area contributed by atoms with Crippen LogP contribution < -0.4 is 11.1 Å². The monoisotopic (exact) mass is 347 g/mol. The first-order valence-corrected chi connectivity index (χ1v) is 6.51. The lowest BCUT2D eigenvalue weighted by Gasteiger charge is -2.23. The molecule has 0 bridgehead atoms. The zero-order chi connectivity index (χ0) is 12.9. The highest BCUT2D eigenvalue weighted by Crippen LogP contribution is 2.20. The Morgan fingerprint density at radius 1 is 1.41 bits per heavy atom. The number of oxime groups is 1. The maximum Gasteiger partial charge on any atom is 0.144 e. The predicted molar refractivity (Wildman–Crippen MR) is 79.5 cm³/mol. The second-order valence-electron chi connectivity index (χ2n) is 4.55. The molecule has 0 unspecified atom stereocenters. The zero-order valence-electron chi connectivity index (χ0n) is 10.1. The van der Waals surface area contributed by atoms with Crippen LogP contribution in [0.5, 0.6) is 0 Å². The quantitative estimate of drug-likeness (QED) is 0.252. The summed E-state index contributed by atoms with van der Waals surface area (Å²) in [5, 5.41) is 15.0. The molecule has 0 aliphatic heterocycles. The van der Waals surface area contributed by atoms with Crippen LogP contribution in [-0.4, -0.2) is 17.6 Å². The van der Waals surface area contributed by atoms with E-state index in [1.165, 1.54) is 3.57 Å². The van der Waals surface area contributed by atoms with Crippen LogP contribution in [0.2, 0.25) is 0 Å². The molecule has 0 spiro atoms. The summed E-state index contributed by atoms with van der Waals surface area (Å²) in [5.41, 5.74) is 6.40. The second kappa shape index (κ2) is 6.09. The summed E-state index contributed by atoms with van der Waals surface area (Å²) in [6, 6.07) is 8.19. The molecule has 0 atom stereocenters. The molecular formula is C12H18IN3O. The van der Waals surface area contributed by atoms with Crippen molar-refractivity contribution in [3.8, 4) is 0 Å². The van der Waals surface area contributed by atoms with E-state index in [0.717, 1.165) is 18.7 Å². The van der Waals surface area contributed by atoms with E-state index in [1.54, 1.807) is 0 Å². The van der Waals surface area contributed by atoms with Gasteiger partial charge in [0, 0.05) is 21.2 Å². The van der Waals surface area contributed by atoms with E-state index in [2.05, 4.69) is 45.2 Å². The number of nitrogens with two attached hydrogens (primary N) is 1. The Morgan fingerprint density at radius 2 is 2.00 bits per heavy atom. The van der Waals surface area contributed by atoms with Gasteiger partial charge in [-0.05, 0) is 53.3 Å². The average molecular weight is 347 g/mol. The van der Waals surface area contributed by atoms with Crippen molar-refractivity contribution in [2.45, 2.75) is 20.3 Å². The van der Waals surface area contributed by atoms with Gasteiger partial charge in [-0.15, -0.1) is 0 Å². The topological polar surface area (TPSA) is 70.6 Å². The highest BCUT2D eigenvalue weighted by molar-refractivity contribution is 14.1. The van der Waals surface area contributed by atoms with Crippen LogP contribution in [0.25, 0.3) is 0 Å². The fourth-order valence-electron chi connectivity index (χ4n) is 1.35. The molecule has 4 N–H and O–H groups in total. The molecular weight excluding hydrogens is 329 g/mol. The smallest absolute Gasteiger partial charge is 0.144 e. The molecule has 0 saturated heterocycles. The molecule has 0 saturated carbocycles. The minimum absolute atomic E-state index is 0.266. The number of benzene rings is 1. The fraction of sp³-hybridized carbons (Fsp3) is 0.417. The molecule has 94 valence electrons. The van der Waals surface area contributed by atoms with Gasteiger partial charge in [0.2, 0.25) is 0 Å². The maximum absolute atomic E-state index is 8.66. The first-order chi connectivity index (χ1) is 7.95. The summed E-state index contributed by atoms with van der Waals surface area (Å²) in [6.07, 6.45) is 0.800. The Balaban J connectivity index is 2.45. The van der Waals surface area contributed by atoms with Crippen molar-refractivity contribution in [2.24, 2.45) is 16.3 Å². The van der Waals surface area contributed by atoms with E-state index >= 15 is 0 Å². The first-order valence-electron chi connectivity index (χ1n) is 5.43. The standard InChI is InChI=1S/C12H18IN3O/c1-12(2,11(14)16-17)7-8-15-10-5-3-9(13)4-6-10/h3-6,15,17H,7-8H2,1-2H3,(H2,14,16). The predicted octanol–water partition coefficient (Wildman–Crippen LogP) is 2.87. The molecule has 1 aromatic rings. The van der Waals surface area contributed by atoms with E-state index in [4.69, 9.17) is 10.9 Å². The van der Waals surface area contributed by atoms with E-state index in [9.17, 15) is 0 Å². The van der Waals surface area contributed by atoms with Crippen molar-refractivity contribution in [3.05, 3.63) is 27.8 Å². The van der Waals surface area contributed by atoms with Gasteiger partial charge in [0.05, 0.1) is 0 Å². The maximum atomic E-state index is 8.66. The van der Waals surface area contributed by atoms with Crippen LogP contribution in [0.1, 0.15) is 20.3 Å². The minimum Gasteiger partial charge on any atom is -0.409 e. The summed E-state index contributed by atoms with van der Waals surface area (Å²) in [6.45, 7) is 4.69.